The smallest absolute Gasteiger partial charge is 0.460 e. The Balaban J connectivity index is 0. The molecule has 0 bridgehead atoms. The number of hydrogen-bond acceptors (Lipinski definition) is 6. The van der Waals surface area contributed by atoms with Crippen LogP contribution in [0.15, 0.2) is 24.3 Å². The molecule has 0 fully saturated rings. The number of esters is 2. The van der Waals surface area contributed by atoms with Crippen molar-refractivity contribution in [2.24, 2.45) is 5.41 Å². The van der Waals surface area contributed by atoms with Crippen LogP contribution < -0.4 is 0 Å². The van der Waals surface area contributed by atoms with Crippen LogP contribution in [0.1, 0.15) is 44.9 Å². The van der Waals surface area contributed by atoms with Gasteiger partial charge in [-0.05, 0) is 12.8 Å². The van der Waals surface area contributed by atoms with Crippen LogP contribution in [0.3, 0.4) is 0 Å². The third-order valence-electron chi connectivity index (χ3n) is 9.46. The number of carboxylic acids is 2. The van der Waals surface area contributed by atoms with Crippen molar-refractivity contribution in [3.63, 3.8) is 0 Å². The Labute approximate surface area is 405 Å². The molecule has 44 heteroatoms. The highest BCUT2D eigenvalue weighted by molar-refractivity contribution is 5.84. The van der Waals surface area contributed by atoms with Gasteiger partial charge in [0.05, 0.1) is 37.9 Å². The topological polar surface area (TPSA) is 127 Å². The third kappa shape index (κ3) is 15.6. The first-order chi connectivity index (χ1) is 33.8. The number of ether oxygens (including phenoxy) is 2. The highest BCUT2D eigenvalue weighted by atomic mass is 19.5. The maximum atomic E-state index is 13.8. The number of halogens is 36. The highest BCUT2D eigenvalue weighted by Crippen LogP contribution is 2.59. The molecule has 0 aliphatic rings. The maximum absolute atomic E-state index is 13.8. The summed E-state index contributed by atoms with van der Waals surface area (Å²) in [5, 5.41) is 17.7. The SMILES string of the molecule is O=C(C=CCC(=O)OCCC(F)(F)C(F)(F)C(F)(F)C(F)(F)F)OCCC(F)(F)C(F)(F)C(F)(F)C(F)(F)F.O=C(O)C=CC(CCC(F)(F)C(F)(F)C(F)(F)C(F)(F)F)(CCC(F)(F)C(F)(F)C(F)(F)C(F)(F)F)C(=O)O. The fraction of sp³-hybridized carbons (Fsp3) is 0.765. The average molecular weight is 1240 g/mol. The summed E-state index contributed by atoms with van der Waals surface area (Å²) >= 11 is 0. The van der Waals surface area contributed by atoms with Gasteiger partial charge in [-0.2, -0.15) is 158 Å². The van der Waals surface area contributed by atoms with Gasteiger partial charge in [0.25, 0.3) is 0 Å². The first-order valence-corrected chi connectivity index (χ1v) is 18.7. The van der Waals surface area contributed by atoms with Gasteiger partial charge < -0.3 is 19.7 Å². The van der Waals surface area contributed by atoms with E-state index in [1.165, 1.54) is 0 Å². The second-order valence-electron chi connectivity index (χ2n) is 15.0. The molecule has 0 atom stereocenters. The number of hydrogen-bond donors (Lipinski definition) is 2. The normalized spacial score (nSPS) is 15.3. The van der Waals surface area contributed by atoms with Crippen LogP contribution >= 0.6 is 0 Å². The quantitative estimate of drug-likeness (QED) is 0.0498. The van der Waals surface area contributed by atoms with Crippen LogP contribution in [0.5, 0.6) is 0 Å². The number of aliphatic carboxylic acids is 2. The molecule has 0 radical (unpaired) electrons. The Morgan fingerprint density at radius 1 is 0.333 bits per heavy atom. The zero-order chi connectivity index (χ0) is 63.4. The van der Waals surface area contributed by atoms with Crippen molar-refractivity contribution >= 4 is 23.9 Å². The van der Waals surface area contributed by atoms with Crippen LogP contribution in [0.4, 0.5) is 158 Å². The number of carbonyl (C=O) groups excluding carboxylic acids is 2. The second kappa shape index (κ2) is 23.5. The molecule has 0 saturated heterocycles. The van der Waals surface area contributed by atoms with Crippen molar-refractivity contribution in [1.82, 2.24) is 0 Å². The fourth-order valence-electron chi connectivity index (χ4n) is 4.76. The minimum absolute atomic E-state index is 0.0918. The monoisotopic (exact) mass is 1240 g/mol. The molecule has 0 aromatic carbocycles. The molecule has 0 spiro atoms. The summed E-state index contributed by atoms with van der Waals surface area (Å²) in [4.78, 5) is 44.5. The van der Waals surface area contributed by atoms with Crippen LogP contribution in [0.25, 0.3) is 0 Å². The largest absolute Gasteiger partial charge is 0.481 e. The standard InChI is InChI=1S/2C17H12F18O4/c18-10(19,12(22,23)14(26,27)16(30,31)32)5-3-9(8(38)39,2-1-7(36)37)4-6-11(20,21)13(24,25)15(28,29)17(33,34)35;18-10(19,12(22,23)14(26,27)16(30,31)32)4-6-38-8(36)2-1-3-9(37)39-7-5-11(20,21)13(24,25)15(28,29)17(33,34)35/h1-2H,3-6H2,(H,36,37)(H,38,39);1-2H,3-7H2. The van der Waals surface area contributed by atoms with Crippen molar-refractivity contribution < 1.29 is 197 Å². The summed E-state index contributed by atoms with van der Waals surface area (Å²) in [6.45, 7) is -3.74. The van der Waals surface area contributed by atoms with Gasteiger partial charge in [0.1, 0.15) is 0 Å². The molecule has 0 aliphatic heterocycles. The molecule has 0 aliphatic carbocycles. The van der Waals surface area contributed by atoms with Crippen molar-refractivity contribution in [3.05, 3.63) is 24.3 Å². The van der Waals surface area contributed by atoms with Crippen LogP contribution in [0, 0.1) is 5.41 Å². The summed E-state index contributed by atoms with van der Waals surface area (Å²) < 4.78 is 469. The molecule has 0 saturated carbocycles. The first kappa shape index (κ1) is 74.9. The molecule has 0 aromatic heterocycles. The molecular formula is C34H24F36O8. The summed E-state index contributed by atoms with van der Waals surface area (Å²) in [5.74, 6) is -92.3. The molecule has 78 heavy (non-hydrogen) atoms. The van der Waals surface area contributed by atoms with E-state index in [2.05, 4.69) is 9.47 Å². The molecular weight excluding hydrogens is 1220 g/mol. The summed E-state index contributed by atoms with van der Waals surface area (Å²) in [7, 11) is 0. The number of alkyl halides is 36. The van der Waals surface area contributed by atoms with Crippen molar-refractivity contribution in [2.75, 3.05) is 13.2 Å². The van der Waals surface area contributed by atoms with E-state index in [1.54, 1.807) is 0 Å². The minimum atomic E-state index is -7.52. The lowest BCUT2D eigenvalue weighted by molar-refractivity contribution is -0.397. The lowest BCUT2D eigenvalue weighted by Gasteiger charge is -2.37. The zero-order valence-electron chi connectivity index (χ0n) is 36.1. The van der Waals surface area contributed by atoms with Gasteiger partial charge in [-0.15, -0.1) is 0 Å². The molecule has 0 amide bonds. The summed E-state index contributed by atoms with van der Waals surface area (Å²) in [5.41, 5.74) is -3.93. The molecule has 0 rings (SSSR count). The van der Waals surface area contributed by atoms with E-state index in [1.807, 2.05) is 0 Å². The van der Waals surface area contributed by atoms with Crippen LogP contribution in [-0.2, 0) is 28.7 Å². The van der Waals surface area contributed by atoms with E-state index in [-0.39, 0.29) is 6.08 Å². The molecule has 8 nitrogen and oxygen atoms in total. The average Bonchev–Trinajstić information content (AvgIpc) is 3.21. The first-order valence-electron chi connectivity index (χ1n) is 18.7. The van der Waals surface area contributed by atoms with E-state index >= 15 is 0 Å². The van der Waals surface area contributed by atoms with Gasteiger partial charge >= 0.3 is 120 Å². The minimum Gasteiger partial charge on any atom is -0.481 e. The highest BCUT2D eigenvalue weighted by Gasteiger charge is 2.85. The number of carbonyl (C=O) groups is 4. The molecule has 460 valence electrons. The summed E-state index contributed by atoms with van der Waals surface area (Å²) in [6, 6.07) is 0. The van der Waals surface area contributed by atoms with Crippen molar-refractivity contribution in [3.8, 4) is 0 Å². The van der Waals surface area contributed by atoms with Gasteiger partial charge in [-0.25, -0.2) is 9.59 Å². The lowest BCUT2D eigenvalue weighted by Crippen LogP contribution is -2.61. The van der Waals surface area contributed by atoms with Gasteiger partial charge in [-0.1, -0.05) is 12.2 Å². The van der Waals surface area contributed by atoms with Crippen molar-refractivity contribution in [2.45, 2.75) is 141 Å². The Hall–Kier alpha value is -5.16. The summed E-state index contributed by atoms with van der Waals surface area (Å²) in [6.07, 6.45) is -47.1. The third-order valence-corrected chi connectivity index (χ3v) is 9.46. The lowest BCUT2D eigenvalue weighted by atomic mass is 9.75. The Morgan fingerprint density at radius 3 is 0.833 bits per heavy atom. The fourth-order valence-corrected chi connectivity index (χ4v) is 4.76. The van der Waals surface area contributed by atoms with Gasteiger partial charge in [-0.3, -0.25) is 9.59 Å². The Kier molecular flexibility index (Phi) is 22.6. The van der Waals surface area contributed by atoms with E-state index in [9.17, 15) is 177 Å². The second-order valence-corrected chi connectivity index (χ2v) is 15.0. The zero-order valence-corrected chi connectivity index (χ0v) is 36.1. The van der Waals surface area contributed by atoms with Crippen LogP contribution in [0.2, 0.25) is 0 Å². The molecule has 0 aromatic rings. The van der Waals surface area contributed by atoms with Crippen LogP contribution in [-0.4, -0.2) is 143 Å². The van der Waals surface area contributed by atoms with E-state index in [4.69, 9.17) is 10.2 Å². The van der Waals surface area contributed by atoms with E-state index in [0.29, 0.717) is 6.08 Å². The van der Waals surface area contributed by atoms with Gasteiger partial charge in [0.15, 0.2) is 0 Å². The molecule has 0 unspecified atom stereocenters. The van der Waals surface area contributed by atoms with E-state index in [0.717, 1.165) is 0 Å². The predicted octanol–water partition coefficient (Wildman–Crippen LogP) is 13.9. The Bertz CT molecular complexity index is 2060. The maximum Gasteiger partial charge on any atom is 0.460 e. The van der Waals surface area contributed by atoms with Gasteiger partial charge in [0, 0.05) is 25.0 Å². The van der Waals surface area contributed by atoms with E-state index < -0.39 is 195 Å². The van der Waals surface area contributed by atoms with Crippen molar-refractivity contribution in [1.29, 1.82) is 0 Å². The number of rotatable bonds is 26. The number of carboxylic acid groups (broad SMARTS) is 2. The Morgan fingerprint density at radius 2 is 0.590 bits per heavy atom. The molecule has 0 heterocycles. The van der Waals surface area contributed by atoms with Gasteiger partial charge in [0.2, 0.25) is 0 Å². The predicted molar refractivity (Wildman–Crippen MR) is 174 cm³/mol. The molecule has 2 N–H and O–H groups in total.